The van der Waals surface area contributed by atoms with E-state index < -0.39 is 0 Å². The van der Waals surface area contributed by atoms with Gasteiger partial charge in [-0.05, 0) is 35.7 Å². The predicted octanol–water partition coefficient (Wildman–Crippen LogP) is 4.64. The maximum atomic E-state index is 5.79. The summed E-state index contributed by atoms with van der Waals surface area (Å²) in [5, 5.41) is 0. The van der Waals surface area contributed by atoms with Crippen LogP contribution < -0.4 is 4.74 Å². The quantitative estimate of drug-likeness (QED) is 0.662. The lowest BCUT2D eigenvalue weighted by Crippen LogP contribution is -2.08. The Labute approximate surface area is 131 Å². The van der Waals surface area contributed by atoms with Crippen molar-refractivity contribution in [2.45, 2.75) is 18.4 Å². The molecule has 0 spiro atoms. The second-order valence-corrected chi connectivity index (χ2v) is 6.19. The van der Waals surface area contributed by atoms with Crippen LogP contribution in [0.1, 0.15) is 12.5 Å². The zero-order valence-electron chi connectivity index (χ0n) is 12.6. The van der Waals surface area contributed by atoms with Gasteiger partial charge in [0.15, 0.2) is 0 Å². The number of hydrogen-bond donors (Lipinski definition) is 0. The summed E-state index contributed by atoms with van der Waals surface area (Å²) in [4.78, 5) is 1.32. The monoisotopic (exact) mass is 302 g/mol. The van der Waals surface area contributed by atoms with E-state index >= 15 is 0 Å². The van der Waals surface area contributed by atoms with Gasteiger partial charge in [-0.25, -0.2) is 0 Å². The molecule has 0 amide bonds. The first-order chi connectivity index (χ1) is 10.3. The Morgan fingerprint density at radius 3 is 2.38 bits per heavy atom. The summed E-state index contributed by atoms with van der Waals surface area (Å²) >= 11 is 1.88. The molecule has 0 bridgehead atoms. The van der Waals surface area contributed by atoms with Crippen LogP contribution in [0.4, 0.5) is 0 Å². The van der Waals surface area contributed by atoms with Gasteiger partial charge in [0.05, 0.1) is 20.3 Å². The van der Waals surface area contributed by atoms with Crippen molar-refractivity contribution in [2.75, 3.05) is 19.5 Å². The Morgan fingerprint density at radius 2 is 1.71 bits per heavy atom. The van der Waals surface area contributed by atoms with E-state index in [1.807, 2.05) is 42.1 Å². The average molecular weight is 302 g/mol. The summed E-state index contributed by atoms with van der Waals surface area (Å²) in [6, 6.07) is 18.5. The first-order valence-corrected chi connectivity index (χ1v) is 8.15. The highest BCUT2D eigenvalue weighted by atomic mass is 32.2. The minimum absolute atomic E-state index is 0.536. The Hall–Kier alpha value is -1.45. The largest absolute Gasteiger partial charge is 0.497 e. The molecule has 0 fully saturated rings. The normalized spacial score (nSPS) is 12.1. The molecule has 0 unspecified atom stereocenters. The number of ether oxygens (including phenoxy) is 2. The standard InChI is InChI=1S/C18H22O2S/c1-15(14-21-18-6-4-3-5-7-18)12-20-13-16-8-10-17(19-2)11-9-16/h3-11,15H,12-14H2,1-2H3/t15-/m1/s1. The fraction of sp³-hybridized carbons (Fsp3) is 0.333. The van der Waals surface area contributed by atoms with Gasteiger partial charge in [-0.3, -0.25) is 0 Å². The van der Waals surface area contributed by atoms with E-state index in [4.69, 9.17) is 9.47 Å². The van der Waals surface area contributed by atoms with Gasteiger partial charge < -0.3 is 9.47 Å². The van der Waals surface area contributed by atoms with Crippen molar-refractivity contribution < 1.29 is 9.47 Å². The molecule has 0 aliphatic carbocycles. The molecule has 21 heavy (non-hydrogen) atoms. The van der Waals surface area contributed by atoms with Gasteiger partial charge in [0.2, 0.25) is 0 Å². The SMILES string of the molecule is COc1ccc(COC[C@@H](C)CSc2ccccc2)cc1. The maximum Gasteiger partial charge on any atom is 0.118 e. The molecular formula is C18H22O2S. The van der Waals surface area contributed by atoms with Crippen LogP contribution in [-0.2, 0) is 11.3 Å². The third-order valence-electron chi connectivity index (χ3n) is 3.11. The van der Waals surface area contributed by atoms with Crippen molar-refractivity contribution in [3.8, 4) is 5.75 Å². The molecule has 2 aromatic rings. The Morgan fingerprint density at radius 1 is 1.00 bits per heavy atom. The Balaban J connectivity index is 1.65. The summed E-state index contributed by atoms with van der Waals surface area (Å²) in [6.45, 7) is 3.67. The second-order valence-electron chi connectivity index (χ2n) is 5.09. The van der Waals surface area contributed by atoms with Crippen LogP contribution in [0, 0.1) is 5.92 Å². The summed E-state index contributed by atoms with van der Waals surface area (Å²) in [7, 11) is 1.68. The lowest BCUT2D eigenvalue weighted by Gasteiger charge is -2.12. The van der Waals surface area contributed by atoms with Crippen molar-refractivity contribution in [1.29, 1.82) is 0 Å². The molecule has 2 aromatic carbocycles. The molecule has 0 aliphatic heterocycles. The van der Waals surface area contributed by atoms with Crippen LogP contribution >= 0.6 is 11.8 Å². The molecular weight excluding hydrogens is 280 g/mol. The van der Waals surface area contributed by atoms with Crippen LogP contribution in [0.3, 0.4) is 0 Å². The van der Waals surface area contributed by atoms with Crippen LogP contribution in [-0.4, -0.2) is 19.5 Å². The molecule has 112 valence electrons. The van der Waals surface area contributed by atoms with E-state index in [9.17, 15) is 0 Å². The highest BCUT2D eigenvalue weighted by Crippen LogP contribution is 2.20. The highest BCUT2D eigenvalue weighted by Gasteiger charge is 2.04. The molecule has 3 heteroatoms. The predicted molar refractivity (Wildman–Crippen MR) is 89.0 cm³/mol. The number of rotatable bonds is 8. The third-order valence-corrected chi connectivity index (χ3v) is 4.45. The molecule has 0 heterocycles. The smallest absolute Gasteiger partial charge is 0.118 e. The molecule has 0 radical (unpaired) electrons. The van der Waals surface area contributed by atoms with Crippen LogP contribution in [0.15, 0.2) is 59.5 Å². The van der Waals surface area contributed by atoms with Gasteiger partial charge in [0.25, 0.3) is 0 Å². The number of methoxy groups -OCH3 is 1. The van der Waals surface area contributed by atoms with Gasteiger partial charge in [-0.15, -0.1) is 11.8 Å². The minimum Gasteiger partial charge on any atom is -0.497 e. The third kappa shape index (κ3) is 5.82. The van der Waals surface area contributed by atoms with Crippen LogP contribution in [0.5, 0.6) is 5.75 Å². The lowest BCUT2D eigenvalue weighted by molar-refractivity contribution is 0.0982. The Bertz CT molecular complexity index is 511. The molecule has 2 rings (SSSR count). The van der Waals surface area contributed by atoms with E-state index in [1.54, 1.807) is 7.11 Å². The Kier molecular flexibility index (Phi) is 6.64. The first-order valence-electron chi connectivity index (χ1n) is 7.16. The second kappa shape index (κ2) is 8.75. The number of hydrogen-bond acceptors (Lipinski definition) is 3. The van der Waals surface area contributed by atoms with E-state index in [1.165, 1.54) is 10.5 Å². The molecule has 0 aliphatic rings. The lowest BCUT2D eigenvalue weighted by atomic mass is 10.2. The topological polar surface area (TPSA) is 18.5 Å². The van der Waals surface area contributed by atoms with Gasteiger partial charge in [0.1, 0.15) is 5.75 Å². The minimum atomic E-state index is 0.536. The van der Waals surface area contributed by atoms with Crippen LogP contribution in [0.25, 0.3) is 0 Å². The van der Waals surface area contributed by atoms with Gasteiger partial charge in [-0.1, -0.05) is 37.3 Å². The molecule has 1 atom stereocenters. The zero-order chi connectivity index (χ0) is 14.9. The molecule has 0 saturated heterocycles. The summed E-state index contributed by atoms with van der Waals surface area (Å²) < 4.78 is 10.9. The van der Waals surface area contributed by atoms with E-state index in [2.05, 4.69) is 31.2 Å². The fourth-order valence-corrected chi connectivity index (χ4v) is 2.83. The zero-order valence-corrected chi connectivity index (χ0v) is 13.4. The highest BCUT2D eigenvalue weighted by molar-refractivity contribution is 7.99. The van der Waals surface area contributed by atoms with Gasteiger partial charge >= 0.3 is 0 Å². The average Bonchev–Trinajstić information content (AvgIpc) is 2.54. The number of benzene rings is 2. The van der Waals surface area contributed by atoms with Crippen molar-refractivity contribution >= 4 is 11.8 Å². The molecule has 0 aromatic heterocycles. The van der Waals surface area contributed by atoms with Gasteiger partial charge in [0, 0.05) is 10.6 Å². The molecule has 0 saturated carbocycles. The van der Waals surface area contributed by atoms with E-state index in [0.29, 0.717) is 12.5 Å². The van der Waals surface area contributed by atoms with E-state index in [-0.39, 0.29) is 0 Å². The number of thioether (sulfide) groups is 1. The summed E-state index contributed by atoms with van der Waals surface area (Å²) in [5.41, 5.74) is 1.18. The van der Waals surface area contributed by atoms with Crippen molar-refractivity contribution in [1.82, 2.24) is 0 Å². The van der Waals surface area contributed by atoms with Gasteiger partial charge in [-0.2, -0.15) is 0 Å². The fourth-order valence-electron chi connectivity index (χ4n) is 1.90. The van der Waals surface area contributed by atoms with E-state index in [0.717, 1.165) is 18.1 Å². The maximum absolute atomic E-state index is 5.79. The van der Waals surface area contributed by atoms with Crippen molar-refractivity contribution in [3.63, 3.8) is 0 Å². The van der Waals surface area contributed by atoms with Crippen LogP contribution in [0.2, 0.25) is 0 Å². The summed E-state index contributed by atoms with van der Waals surface area (Å²) in [5.74, 6) is 2.49. The first kappa shape index (κ1) is 15.9. The molecule has 0 N–H and O–H groups in total. The molecule has 2 nitrogen and oxygen atoms in total. The van der Waals surface area contributed by atoms with Crippen molar-refractivity contribution in [2.24, 2.45) is 5.92 Å². The van der Waals surface area contributed by atoms with Crippen molar-refractivity contribution in [3.05, 3.63) is 60.2 Å². The summed E-state index contributed by atoms with van der Waals surface area (Å²) in [6.07, 6.45) is 0.